The number of rotatable bonds is 10. The van der Waals surface area contributed by atoms with E-state index in [4.69, 9.17) is 0 Å². The molecule has 0 radical (unpaired) electrons. The van der Waals surface area contributed by atoms with Gasteiger partial charge in [-0.05, 0) is 36.8 Å². The highest BCUT2D eigenvalue weighted by Gasteiger charge is 2.32. The lowest BCUT2D eigenvalue weighted by Crippen LogP contribution is -2.40. The molecular weight excluding hydrogens is 254 g/mol. The quantitative estimate of drug-likeness (QED) is 0.607. The first kappa shape index (κ1) is 18.2. The molecule has 1 nitrogen and oxygen atoms in total. The molecule has 120 valence electrons. The Bertz CT molecular complexity index is 367. The molecule has 0 aliphatic carbocycles. The minimum absolute atomic E-state index is 0.285. The summed E-state index contributed by atoms with van der Waals surface area (Å²) in [6.45, 7) is 13.8. The van der Waals surface area contributed by atoms with Gasteiger partial charge in [-0.2, -0.15) is 0 Å². The SMILES string of the molecule is CCC(CC)CC(CC)(CNCC(C)C)c1ccccc1. The van der Waals surface area contributed by atoms with Gasteiger partial charge in [0.25, 0.3) is 0 Å². The highest BCUT2D eigenvalue weighted by Crippen LogP contribution is 2.36. The van der Waals surface area contributed by atoms with Gasteiger partial charge in [-0.15, -0.1) is 0 Å². The normalized spacial score (nSPS) is 14.6. The van der Waals surface area contributed by atoms with E-state index in [0.717, 1.165) is 19.0 Å². The lowest BCUT2D eigenvalue weighted by Gasteiger charge is -2.37. The maximum absolute atomic E-state index is 3.73. The van der Waals surface area contributed by atoms with Gasteiger partial charge in [-0.25, -0.2) is 0 Å². The van der Waals surface area contributed by atoms with Gasteiger partial charge in [0, 0.05) is 12.0 Å². The maximum Gasteiger partial charge on any atom is 0.00778 e. The highest BCUT2D eigenvalue weighted by molar-refractivity contribution is 5.26. The Morgan fingerprint density at radius 2 is 1.62 bits per heavy atom. The number of hydrogen-bond acceptors (Lipinski definition) is 1. The molecule has 1 heteroatoms. The van der Waals surface area contributed by atoms with Crippen LogP contribution in [-0.4, -0.2) is 13.1 Å². The third kappa shape index (κ3) is 5.47. The van der Waals surface area contributed by atoms with Gasteiger partial charge in [0.15, 0.2) is 0 Å². The van der Waals surface area contributed by atoms with E-state index in [9.17, 15) is 0 Å². The molecule has 1 N–H and O–H groups in total. The summed E-state index contributed by atoms with van der Waals surface area (Å²) < 4.78 is 0. The molecule has 1 unspecified atom stereocenters. The van der Waals surface area contributed by atoms with Crippen LogP contribution >= 0.6 is 0 Å². The standard InChI is InChI=1S/C20H35N/c1-6-18(7-2)14-20(8-3,16-21-15-17(4)5)19-12-10-9-11-13-19/h9-13,17-18,21H,6-8,14-16H2,1-5H3. The van der Waals surface area contributed by atoms with E-state index < -0.39 is 0 Å². The van der Waals surface area contributed by atoms with Crippen molar-refractivity contribution in [3.63, 3.8) is 0 Å². The van der Waals surface area contributed by atoms with Gasteiger partial charge < -0.3 is 5.32 Å². The van der Waals surface area contributed by atoms with Crippen LogP contribution in [0.3, 0.4) is 0 Å². The van der Waals surface area contributed by atoms with E-state index in [0.29, 0.717) is 5.92 Å². The van der Waals surface area contributed by atoms with Crippen LogP contribution in [0.25, 0.3) is 0 Å². The molecule has 0 bridgehead atoms. The van der Waals surface area contributed by atoms with Gasteiger partial charge in [0.2, 0.25) is 0 Å². The first-order valence-corrected chi connectivity index (χ1v) is 8.84. The lowest BCUT2D eigenvalue weighted by atomic mass is 9.70. The van der Waals surface area contributed by atoms with Crippen LogP contribution in [-0.2, 0) is 5.41 Å². The molecule has 1 atom stereocenters. The molecule has 1 aromatic rings. The average Bonchev–Trinajstić information content (AvgIpc) is 2.51. The zero-order valence-electron chi connectivity index (χ0n) is 14.8. The fourth-order valence-electron chi connectivity index (χ4n) is 3.29. The number of hydrogen-bond donors (Lipinski definition) is 1. The van der Waals surface area contributed by atoms with Crippen molar-refractivity contribution in [1.82, 2.24) is 5.32 Å². The summed E-state index contributed by atoms with van der Waals surface area (Å²) in [6.07, 6.45) is 5.08. The van der Waals surface area contributed by atoms with Crippen LogP contribution in [0.4, 0.5) is 0 Å². The monoisotopic (exact) mass is 289 g/mol. The van der Waals surface area contributed by atoms with Crippen LogP contribution in [0.15, 0.2) is 30.3 Å². The minimum Gasteiger partial charge on any atom is -0.316 e. The molecule has 1 rings (SSSR count). The molecule has 1 aromatic carbocycles. The Morgan fingerprint density at radius 3 is 2.10 bits per heavy atom. The fourth-order valence-corrected chi connectivity index (χ4v) is 3.29. The Kier molecular flexibility index (Phi) is 8.03. The van der Waals surface area contributed by atoms with E-state index in [1.807, 2.05) is 0 Å². The molecule has 0 aliphatic heterocycles. The van der Waals surface area contributed by atoms with E-state index >= 15 is 0 Å². The predicted molar refractivity (Wildman–Crippen MR) is 94.8 cm³/mol. The van der Waals surface area contributed by atoms with E-state index in [-0.39, 0.29) is 5.41 Å². The third-order valence-electron chi connectivity index (χ3n) is 4.91. The van der Waals surface area contributed by atoms with Gasteiger partial charge >= 0.3 is 0 Å². The van der Waals surface area contributed by atoms with Crippen LogP contribution < -0.4 is 5.32 Å². The van der Waals surface area contributed by atoms with Crippen molar-refractivity contribution in [3.05, 3.63) is 35.9 Å². The van der Waals surface area contributed by atoms with Crippen molar-refractivity contribution in [2.45, 2.75) is 65.7 Å². The Morgan fingerprint density at radius 1 is 1.00 bits per heavy atom. The molecule has 0 heterocycles. The van der Waals surface area contributed by atoms with Crippen LogP contribution in [0, 0.1) is 11.8 Å². The summed E-state index contributed by atoms with van der Waals surface area (Å²) in [7, 11) is 0. The van der Waals surface area contributed by atoms with Crippen molar-refractivity contribution >= 4 is 0 Å². The number of benzene rings is 1. The second kappa shape index (κ2) is 9.25. The van der Waals surface area contributed by atoms with E-state index in [1.165, 1.54) is 31.2 Å². The Labute approximate surface area is 132 Å². The fraction of sp³-hybridized carbons (Fsp3) is 0.700. The topological polar surface area (TPSA) is 12.0 Å². The minimum atomic E-state index is 0.285. The maximum atomic E-state index is 3.73. The molecule has 0 spiro atoms. The molecule has 21 heavy (non-hydrogen) atoms. The van der Waals surface area contributed by atoms with Gasteiger partial charge in [-0.3, -0.25) is 0 Å². The Balaban J connectivity index is 2.94. The van der Waals surface area contributed by atoms with Gasteiger partial charge in [0.05, 0.1) is 0 Å². The second-order valence-corrected chi connectivity index (χ2v) is 6.91. The summed E-state index contributed by atoms with van der Waals surface area (Å²) >= 11 is 0. The van der Waals surface area contributed by atoms with Crippen molar-refractivity contribution in [2.75, 3.05) is 13.1 Å². The predicted octanol–water partition coefficient (Wildman–Crippen LogP) is 5.41. The zero-order chi connectivity index (χ0) is 15.7. The van der Waals surface area contributed by atoms with Gasteiger partial charge in [0.1, 0.15) is 0 Å². The van der Waals surface area contributed by atoms with Crippen molar-refractivity contribution in [3.8, 4) is 0 Å². The zero-order valence-corrected chi connectivity index (χ0v) is 14.8. The molecule has 0 saturated carbocycles. The molecule has 0 aliphatic rings. The first-order valence-electron chi connectivity index (χ1n) is 8.84. The summed E-state index contributed by atoms with van der Waals surface area (Å²) in [5, 5.41) is 3.73. The summed E-state index contributed by atoms with van der Waals surface area (Å²) in [4.78, 5) is 0. The van der Waals surface area contributed by atoms with Gasteiger partial charge in [-0.1, -0.05) is 77.8 Å². The van der Waals surface area contributed by atoms with Crippen molar-refractivity contribution in [2.24, 2.45) is 11.8 Å². The summed E-state index contributed by atoms with van der Waals surface area (Å²) in [5.74, 6) is 1.54. The van der Waals surface area contributed by atoms with Crippen LogP contribution in [0.1, 0.15) is 65.9 Å². The summed E-state index contributed by atoms with van der Waals surface area (Å²) in [5.41, 5.74) is 1.79. The van der Waals surface area contributed by atoms with E-state index in [1.54, 1.807) is 0 Å². The van der Waals surface area contributed by atoms with E-state index in [2.05, 4.69) is 70.3 Å². The number of nitrogens with one attached hydrogen (secondary N) is 1. The lowest BCUT2D eigenvalue weighted by molar-refractivity contribution is 0.276. The molecule has 0 fully saturated rings. The largest absolute Gasteiger partial charge is 0.316 e. The smallest absolute Gasteiger partial charge is 0.00778 e. The third-order valence-corrected chi connectivity index (χ3v) is 4.91. The molecule has 0 amide bonds. The highest BCUT2D eigenvalue weighted by atomic mass is 14.9. The van der Waals surface area contributed by atoms with Crippen LogP contribution in [0.2, 0.25) is 0 Å². The average molecular weight is 290 g/mol. The van der Waals surface area contributed by atoms with Crippen LogP contribution in [0.5, 0.6) is 0 Å². The summed E-state index contributed by atoms with van der Waals surface area (Å²) in [6, 6.07) is 11.2. The molecule has 0 saturated heterocycles. The van der Waals surface area contributed by atoms with Crippen molar-refractivity contribution < 1.29 is 0 Å². The van der Waals surface area contributed by atoms with Crippen molar-refractivity contribution in [1.29, 1.82) is 0 Å². The molecule has 0 aromatic heterocycles. The second-order valence-electron chi connectivity index (χ2n) is 6.91. The molecular formula is C20H35N. The first-order chi connectivity index (χ1) is 10.1. The Hall–Kier alpha value is -0.820.